The van der Waals surface area contributed by atoms with Gasteiger partial charge < -0.3 is 19.3 Å². The standard InChI is InChI=1S/C16H26O4/c1-3-15(16(17)14-8-5-4-6-9-14)20-11-7-10-19-13-12-18-2/h4-6,8-9,15-17H,3,7,10-13H2,1-2H3. The Bertz CT molecular complexity index is 329. The molecule has 0 aliphatic carbocycles. The highest BCUT2D eigenvalue weighted by atomic mass is 16.5. The topological polar surface area (TPSA) is 47.9 Å². The molecular formula is C16H26O4. The molecule has 20 heavy (non-hydrogen) atoms. The van der Waals surface area contributed by atoms with Gasteiger partial charge in [-0.05, 0) is 18.4 Å². The third-order valence-electron chi connectivity index (χ3n) is 3.09. The number of benzene rings is 1. The molecule has 2 unspecified atom stereocenters. The molecular weight excluding hydrogens is 256 g/mol. The first-order valence-electron chi connectivity index (χ1n) is 7.20. The molecule has 0 amide bonds. The Morgan fingerprint density at radius 1 is 1.05 bits per heavy atom. The van der Waals surface area contributed by atoms with E-state index in [2.05, 4.69) is 0 Å². The third kappa shape index (κ3) is 6.48. The van der Waals surface area contributed by atoms with Gasteiger partial charge in [-0.1, -0.05) is 37.3 Å². The molecule has 114 valence electrons. The van der Waals surface area contributed by atoms with Gasteiger partial charge in [-0.2, -0.15) is 0 Å². The van der Waals surface area contributed by atoms with Gasteiger partial charge >= 0.3 is 0 Å². The van der Waals surface area contributed by atoms with Crippen molar-refractivity contribution in [3.05, 3.63) is 35.9 Å². The lowest BCUT2D eigenvalue weighted by Crippen LogP contribution is -2.22. The quantitative estimate of drug-likeness (QED) is 0.634. The van der Waals surface area contributed by atoms with Crippen LogP contribution in [0.15, 0.2) is 30.3 Å². The van der Waals surface area contributed by atoms with Crippen molar-refractivity contribution in [1.82, 2.24) is 0 Å². The van der Waals surface area contributed by atoms with E-state index in [-0.39, 0.29) is 6.10 Å². The molecule has 0 aliphatic heterocycles. The van der Waals surface area contributed by atoms with Crippen LogP contribution in [0, 0.1) is 0 Å². The highest BCUT2D eigenvalue weighted by Crippen LogP contribution is 2.21. The number of hydrogen-bond donors (Lipinski definition) is 1. The van der Waals surface area contributed by atoms with Crippen LogP contribution in [0.25, 0.3) is 0 Å². The van der Waals surface area contributed by atoms with Crippen LogP contribution in [0.2, 0.25) is 0 Å². The molecule has 0 radical (unpaired) electrons. The Morgan fingerprint density at radius 3 is 2.45 bits per heavy atom. The zero-order valence-corrected chi connectivity index (χ0v) is 12.5. The van der Waals surface area contributed by atoms with E-state index in [1.807, 2.05) is 37.3 Å². The Morgan fingerprint density at radius 2 is 1.80 bits per heavy atom. The van der Waals surface area contributed by atoms with E-state index in [1.165, 1.54) is 0 Å². The van der Waals surface area contributed by atoms with Crippen molar-refractivity contribution in [1.29, 1.82) is 0 Å². The molecule has 0 saturated heterocycles. The monoisotopic (exact) mass is 282 g/mol. The fourth-order valence-electron chi connectivity index (χ4n) is 1.94. The summed E-state index contributed by atoms with van der Waals surface area (Å²) < 4.78 is 16.0. The van der Waals surface area contributed by atoms with Crippen LogP contribution in [-0.2, 0) is 14.2 Å². The minimum atomic E-state index is -0.574. The van der Waals surface area contributed by atoms with Crippen LogP contribution in [-0.4, -0.2) is 44.7 Å². The highest BCUT2D eigenvalue weighted by Gasteiger charge is 2.19. The second-order valence-electron chi connectivity index (χ2n) is 4.63. The summed E-state index contributed by atoms with van der Waals surface area (Å²) in [5.41, 5.74) is 0.899. The van der Waals surface area contributed by atoms with Crippen LogP contribution in [0.4, 0.5) is 0 Å². The average Bonchev–Trinajstić information content (AvgIpc) is 2.50. The predicted octanol–water partition coefficient (Wildman–Crippen LogP) is 2.57. The largest absolute Gasteiger partial charge is 0.386 e. The van der Waals surface area contributed by atoms with E-state index in [1.54, 1.807) is 7.11 Å². The van der Waals surface area contributed by atoms with Crippen LogP contribution in [0.5, 0.6) is 0 Å². The fourth-order valence-corrected chi connectivity index (χ4v) is 1.94. The predicted molar refractivity (Wildman–Crippen MR) is 78.7 cm³/mol. The highest BCUT2D eigenvalue weighted by molar-refractivity contribution is 5.18. The molecule has 0 spiro atoms. The Hall–Kier alpha value is -0.940. The molecule has 0 bridgehead atoms. The minimum Gasteiger partial charge on any atom is -0.386 e. The molecule has 4 nitrogen and oxygen atoms in total. The normalized spacial score (nSPS) is 14.2. The van der Waals surface area contributed by atoms with Gasteiger partial charge in [-0.25, -0.2) is 0 Å². The summed E-state index contributed by atoms with van der Waals surface area (Å²) in [6.07, 6.45) is 0.856. The van der Waals surface area contributed by atoms with Crippen molar-refractivity contribution in [2.24, 2.45) is 0 Å². The molecule has 1 aromatic rings. The molecule has 4 heteroatoms. The zero-order chi connectivity index (χ0) is 14.6. The van der Waals surface area contributed by atoms with E-state index in [9.17, 15) is 5.11 Å². The average molecular weight is 282 g/mol. The van der Waals surface area contributed by atoms with Gasteiger partial charge in [-0.3, -0.25) is 0 Å². The van der Waals surface area contributed by atoms with E-state index in [0.717, 1.165) is 18.4 Å². The van der Waals surface area contributed by atoms with Crippen LogP contribution in [0.1, 0.15) is 31.4 Å². The number of methoxy groups -OCH3 is 1. The molecule has 1 rings (SSSR count). The third-order valence-corrected chi connectivity index (χ3v) is 3.09. The van der Waals surface area contributed by atoms with Gasteiger partial charge in [0.1, 0.15) is 6.10 Å². The summed E-state index contributed by atoms with van der Waals surface area (Å²) in [7, 11) is 1.66. The maximum absolute atomic E-state index is 10.3. The number of aliphatic hydroxyl groups excluding tert-OH is 1. The van der Waals surface area contributed by atoms with Crippen molar-refractivity contribution in [2.45, 2.75) is 32.0 Å². The summed E-state index contributed by atoms with van der Waals surface area (Å²) >= 11 is 0. The summed E-state index contributed by atoms with van der Waals surface area (Å²) in [5, 5.41) is 10.3. The second kappa shape index (κ2) is 10.8. The van der Waals surface area contributed by atoms with Gasteiger partial charge in [-0.15, -0.1) is 0 Å². The Balaban J connectivity index is 2.22. The van der Waals surface area contributed by atoms with Crippen molar-refractivity contribution in [2.75, 3.05) is 33.5 Å². The van der Waals surface area contributed by atoms with Crippen molar-refractivity contribution in [3.63, 3.8) is 0 Å². The summed E-state index contributed by atoms with van der Waals surface area (Å²) in [5.74, 6) is 0. The number of aliphatic hydroxyl groups is 1. The second-order valence-corrected chi connectivity index (χ2v) is 4.63. The number of rotatable bonds is 11. The van der Waals surface area contributed by atoms with Gasteiger partial charge in [0, 0.05) is 20.3 Å². The van der Waals surface area contributed by atoms with E-state index in [0.29, 0.717) is 26.4 Å². The summed E-state index contributed by atoms with van der Waals surface area (Å²) in [4.78, 5) is 0. The fraction of sp³-hybridized carbons (Fsp3) is 0.625. The van der Waals surface area contributed by atoms with Crippen LogP contribution in [0.3, 0.4) is 0 Å². The molecule has 1 aromatic carbocycles. The first-order valence-corrected chi connectivity index (χ1v) is 7.20. The smallest absolute Gasteiger partial charge is 0.105 e. The van der Waals surface area contributed by atoms with Crippen molar-refractivity contribution >= 4 is 0 Å². The lowest BCUT2D eigenvalue weighted by Gasteiger charge is -2.22. The molecule has 0 aromatic heterocycles. The Kier molecular flexibility index (Phi) is 9.24. The number of ether oxygens (including phenoxy) is 3. The molecule has 2 atom stereocenters. The van der Waals surface area contributed by atoms with E-state index < -0.39 is 6.10 Å². The minimum absolute atomic E-state index is 0.170. The van der Waals surface area contributed by atoms with Crippen molar-refractivity contribution in [3.8, 4) is 0 Å². The SMILES string of the molecule is CCC(OCCCOCCOC)C(O)c1ccccc1. The van der Waals surface area contributed by atoms with Gasteiger partial charge in [0.25, 0.3) is 0 Å². The molecule has 0 saturated carbocycles. The maximum Gasteiger partial charge on any atom is 0.105 e. The van der Waals surface area contributed by atoms with Gasteiger partial charge in [0.2, 0.25) is 0 Å². The summed E-state index contributed by atoms with van der Waals surface area (Å²) in [6.45, 7) is 4.49. The van der Waals surface area contributed by atoms with Crippen LogP contribution < -0.4 is 0 Å². The lowest BCUT2D eigenvalue weighted by atomic mass is 10.0. The molecule has 0 fully saturated rings. The molecule has 0 heterocycles. The molecule has 0 aliphatic rings. The first-order chi connectivity index (χ1) is 9.79. The zero-order valence-electron chi connectivity index (χ0n) is 12.5. The van der Waals surface area contributed by atoms with Gasteiger partial charge in [0.05, 0.1) is 19.3 Å². The van der Waals surface area contributed by atoms with E-state index >= 15 is 0 Å². The summed E-state index contributed by atoms with van der Waals surface area (Å²) in [6, 6.07) is 9.63. The maximum atomic E-state index is 10.3. The van der Waals surface area contributed by atoms with Gasteiger partial charge in [0.15, 0.2) is 0 Å². The van der Waals surface area contributed by atoms with Crippen molar-refractivity contribution < 1.29 is 19.3 Å². The first kappa shape index (κ1) is 17.1. The van der Waals surface area contributed by atoms with E-state index in [4.69, 9.17) is 14.2 Å². The molecule has 1 N–H and O–H groups in total. The lowest BCUT2D eigenvalue weighted by molar-refractivity contribution is -0.0471. The number of hydrogen-bond acceptors (Lipinski definition) is 4. The Labute approximate surface area is 121 Å². The van der Waals surface area contributed by atoms with Crippen LogP contribution >= 0.6 is 0 Å².